The van der Waals surface area contributed by atoms with Gasteiger partial charge in [0, 0.05) is 30.2 Å². The third-order valence-electron chi connectivity index (χ3n) is 5.16. The minimum Gasteiger partial charge on any atom is -0.343 e. The zero-order valence-electron chi connectivity index (χ0n) is 16.2. The number of nitrogens with one attached hydrogen (secondary N) is 1. The van der Waals surface area contributed by atoms with E-state index in [1.807, 2.05) is 12.1 Å². The number of para-hydroxylation sites is 1. The summed E-state index contributed by atoms with van der Waals surface area (Å²) in [7, 11) is 0. The molecule has 0 radical (unpaired) electrons. The number of fused-ring (bicyclic) bond motifs is 1. The van der Waals surface area contributed by atoms with E-state index in [9.17, 15) is 4.39 Å². The van der Waals surface area contributed by atoms with Gasteiger partial charge in [-0.05, 0) is 54.8 Å². The molecular formula is C25H25FN2. The summed E-state index contributed by atoms with van der Waals surface area (Å²) in [6, 6.07) is 24.0. The second kappa shape index (κ2) is 8.41. The van der Waals surface area contributed by atoms with Gasteiger partial charge in [0.25, 0.3) is 0 Å². The Balaban J connectivity index is 1.45. The Morgan fingerprint density at radius 2 is 1.57 bits per heavy atom. The molecule has 0 fully saturated rings. The molecular weight excluding hydrogens is 347 g/mol. The van der Waals surface area contributed by atoms with Crippen LogP contribution in [0.25, 0.3) is 10.9 Å². The number of aromatic nitrogens is 1. The van der Waals surface area contributed by atoms with Crippen molar-refractivity contribution in [2.75, 3.05) is 6.54 Å². The van der Waals surface area contributed by atoms with E-state index in [1.54, 1.807) is 0 Å². The fraction of sp³-hybridized carbons (Fsp3) is 0.200. The lowest BCUT2D eigenvalue weighted by atomic mass is 10.1. The van der Waals surface area contributed by atoms with Gasteiger partial charge in [-0.2, -0.15) is 0 Å². The fourth-order valence-electron chi connectivity index (χ4n) is 3.59. The highest BCUT2D eigenvalue weighted by atomic mass is 19.1. The van der Waals surface area contributed by atoms with Gasteiger partial charge >= 0.3 is 0 Å². The van der Waals surface area contributed by atoms with E-state index >= 15 is 0 Å². The second-order valence-corrected chi connectivity index (χ2v) is 7.34. The predicted octanol–water partition coefficient (Wildman–Crippen LogP) is 5.47. The Morgan fingerprint density at radius 1 is 0.857 bits per heavy atom. The van der Waals surface area contributed by atoms with E-state index < -0.39 is 0 Å². The minimum absolute atomic E-state index is 0.182. The first kappa shape index (κ1) is 18.5. The van der Waals surface area contributed by atoms with Crippen LogP contribution in [-0.2, 0) is 19.5 Å². The van der Waals surface area contributed by atoms with Gasteiger partial charge in [-0.15, -0.1) is 0 Å². The number of hydrogen-bond donors (Lipinski definition) is 1. The number of hydrogen-bond acceptors (Lipinski definition) is 1. The molecule has 0 aliphatic carbocycles. The van der Waals surface area contributed by atoms with Crippen molar-refractivity contribution in [2.24, 2.45) is 0 Å². The van der Waals surface area contributed by atoms with E-state index in [1.165, 1.54) is 39.7 Å². The number of halogens is 1. The van der Waals surface area contributed by atoms with Crippen molar-refractivity contribution in [3.8, 4) is 0 Å². The summed E-state index contributed by atoms with van der Waals surface area (Å²) in [4.78, 5) is 0. The van der Waals surface area contributed by atoms with Gasteiger partial charge in [-0.3, -0.25) is 0 Å². The molecule has 1 aromatic heterocycles. The van der Waals surface area contributed by atoms with Crippen molar-refractivity contribution >= 4 is 10.9 Å². The van der Waals surface area contributed by atoms with E-state index in [-0.39, 0.29) is 5.82 Å². The highest BCUT2D eigenvalue weighted by Gasteiger charge is 2.08. The number of nitrogens with zero attached hydrogens (tertiary/aromatic N) is 1. The summed E-state index contributed by atoms with van der Waals surface area (Å²) in [6.45, 7) is 4.67. The zero-order chi connectivity index (χ0) is 19.3. The van der Waals surface area contributed by atoms with Gasteiger partial charge in [0.1, 0.15) is 5.82 Å². The van der Waals surface area contributed by atoms with Crippen LogP contribution in [-0.4, -0.2) is 11.1 Å². The summed E-state index contributed by atoms with van der Waals surface area (Å²) >= 11 is 0. The summed E-state index contributed by atoms with van der Waals surface area (Å²) in [5.41, 5.74) is 6.31. The third-order valence-corrected chi connectivity index (χ3v) is 5.16. The maximum atomic E-state index is 13.0. The molecule has 0 saturated carbocycles. The molecule has 1 heterocycles. The summed E-state index contributed by atoms with van der Waals surface area (Å²) < 4.78 is 15.3. The van der Waals surface area contributed by atoms with Crippen LogP contribution in [0.4, 0.5) is 4.39 Å². The molecule has 0 amide bonds. The maximum Gasteiger partial charge on any atom is 0.123 e. The van der Waals surface area contributed by atoms with Gasteiger partial charge < -0.3 is 9.88 Å². The Labute approximate surface area is 165 Å². The van der Waals surface area contributed by atoms with Crippen molar-refractivity contribution in [1.29, 1.82) is 0 Å². The number of rotatable bonds is 7. The predicted molar refractivity (Wildman–Crippen MR) is 114 cm³/mol. The van der Waals surface area contributed by atoms with Crippen LogP contribution in [0.3, 0.4) is 0 Å². The molecule has 2 nitrogen and oxygen atoms in total. The molecule has 0 aliphatic rings. The molecule has 3 heteroatoms. The summed E-state index contributed by atoms with van der Waals surface area (Å²) in [6.07, 6.45) is 3.15. The SMILES string of the molecule is Cc1ccc(Cn2cc(CNCCc3ccc(F)cc3)c3ccccc32)cc1. The van der Waals surface area contributed by atoms with Crippen LogP contribution in [0.2, 0.25) is 0 Å². The smallest absolute Gasteiger partial charge is 0.123 e. The van der Waals surface area contributed by atoms with E-state index in [2.05, 4.69) is 71.5 Å². The van der Waals surface area contributed by atoms with E-state index in [0.29, 0.717) is 0 Å². The van der Waals surface area contributed by atoms with Crippen molar-refractivity contribution in [3.05, 3.63) is 107 Å². The van der Waals surface area contributed by atoms with Gasteiger partial charge in [-0.1, -0.05) is 60.2 Å². The molecule has 0 aliphatic heterocycles. The zero-order valence-corrected chi connectivity index (χ0v) is 16.2. The standard InChI is InChI=1S/C25H25FN2/c1-19-6-8-21(9-7-19)17-28-18-22(24-4-2-3-5-25(24)28)16-27-15-14-20-10-12-23(26)13-11-20/h2-13,18,27H,14-17H2,1H3. The highest BCUT2D eigenvalue weighted by Crippen LogP contribution is 2.22. The maximum absolute atomic E-state index is 13.0. The third kappa shape index (κ3) is 4.32. The lowest BCUT2D eigenvalue weighted by Crippen LogP contribution is -2.16. The Hall–Kier alpha value is -2.91. The molecule has 28 heavy (non-hydrogen) atoms. The normalized spacial score (nSPS) is 11.2. The van der Waals surface area contributed by atoms with Crippen molar-refractivity contribution in [3.63, 3.8) is 0 Å². The molecule has 142 valence electrons. The average molecular weight is 372 g/mol. The van der Waals surface area contributed by atoms with Crippen molar-refractivity contribution in [2.45, 2.75) is 26.4 Å². The molecule has 4 aromatic rings. The number of benzene rings is 3. The lowest BCUT2D eigenvalue weighted by Gasteiger charge is -2.06. The lowest BCUT2D eigenvalue weighted by molar-refractivity contribution is 0.626. The summed E-state index contributed by atoms with van der Waals surface area (Å²) in [5.74, 6) is -0.182. The first-order valence-corrected chi connectivity index (χ1v) is 9.76. The average Bonchev–Trinajstić information content (AvgIpc) is 3.06. The van der Waals surface area contributed by atoms with Crippen molar-refractivity contribution in [1.82, 2.24) is 9.88 Å². The van der Waals surface area contributed by atoms with Crippen LogP contribution in [0, 0.1) is 12.7 Å². The topological polar surface area (TPSA) is 17.0 Å². The molecule has 0 bridgehead atoms. The Bertz CT molecular complexity index is 1050. The molecule has 3 aromatic carbocycles. The monoisotopic (exact) mass is 372 g/mol. The van der Waals surface area contributed by atoms with E-state index in [0.717, 1.165) is 31.6 Å². The Kier molecular flexibility index (Phi) is 5.54. The largest absolute Gasteiger partial charge is 0.343 e. The van der Waals surface area contributed by atoms with Gasteiger partial charge in [0.2, 0.25) is 0 Å². The van der Waals surface area contributed by atoms with Crippen molar-refractivity contribution < 1.29 is 4.39 Å². The van der Waals surface area contributed by atoms with Crippen LogP contribution < -0.4 is 5.32 Å². The minimum atomic E-state index is -0.182. The quantitative estimate of drug-likeness (QED) is 0.426. The fourth-order valence-corrected chi connectivity index (χ4v) is 3.59. The second-order valence-electron chi connectivity index (χ2n) is 7.34. The molecule has 1 N–H and O–H groups in total. The first-order chi connectivity index (χ1) is 13.7. The van der Waals surface area contributed by atoms with Gasteiger partial charge in [0.05, 0.1) is 0 Å². The van der Waals surface area contributed by atoms with Crippen LogP contribution in [0.5, 0.6) is 0 Å². The van der Waals surface area contributed by atoms with Crippen LogP contribution >= 0.6 is 0 Å². The van der Waals surface area contributed by atoms with Crippen LogP contribution in [0.1, 0.15) is 22.3 Å². The molecule has 0 spiro atoms. The molecule has 4 rings (SSSR count). The first-order valence-electron chi connectivity index (χ1n) is 9.76. The molecule has 0 atom stereocenters. The van der Waals surface area contributed by atoms with E-state index in [4.69, 9.17) is 0 Å². The number of aryl methyl sites for hydroxylation is 1. The van der Waals surface area contributed by atoms with Gasteiger partial charge in [-0.25, -0.2) is 4.39 Å². The molecule has 0 unspecified atom stereocenters. The molecule has 0 saturated heterocycles. The summed E-state index contributed by atoms with van der Waals surface area (Å²) in [5, 5.41) is 4.83. The van der Waals surface area contributed by atoms with Gasteiger partial charge in [0.15, 0.2) is 0 Å². The highest BCUT2D eigenvalue weighted by molar-refractivity contribution is 5.84. The Morgan fingerprint density at radius 3 is 2.36 bits per heavy atom. The van der Waals surface area contributed by atoms with Crippen LogP contribution in [0.15, 0.2) is 79.0 Å².